The Morgan fingerprint density at radius 1 is 1.41 bits per heavy atom. The van der Waals surface area contributed by atoms with E-state index in [1.54, 1.807) is 12.1 Å². The van der Waals surface area contributed by atoms with Crippen molar-refractivity contribution in [3.8, 4) is 17.3 Å². The average Bonchev–Trinajstić information content (AvgIpc) is 2.94. The zero-order chi connectivity index (χ0) is 12.4. The van der Waals surface area contributed by atoms with Gasteiger partial charge in [0.2, 0.25) is 5.13 Å². The zero-order valence-electron chi connectivity index (χ0n) is 8.06. The molecular weight excluding hydrogens is 244 g/mol. The summed E-state index contributed by atoms with van der Waals surface area (Å²) >= 11 is 0.800. The molecule has 82 valence electrons. The monoisotopic (exact) mass is 246 g/mol. The standard InChI is InChI=1S/C8H2N6O2S/c9-1-5-6(2-10)13(4-12-5)8-11-3-7(17-8)14(15)16/h3-4H. The number of nitriles is 2. The molecule has 17 heavy (non-hydrogen) atoms. The summed E-state index contributed by atoms with van der Waals surface area (Å²) in [5, 5.41) is 28.2. The van der Waals surface area contributed by atoms with Gasteiger partial charge in [0.1, 0.15) is 24.7 Å². The van der Waals surface area contributed by atoms with Gasteiger partial charge in [0.05, 0.1) is 4.92 Å². The molecule has 2 aromatic rings. The summed E-state index contributed by atoms with van der Waals surface area (Å²) in [5.41, 5.74) is -0.0258. The maximum Gasteiger partial charge on any atom is 0.345 e. The predicted molar refractivity (Wildman–Crippen MR) is 55.3 cm³/mol. The van der Waals surface area contributed by atoms with Crippen molar-refractivity contribution in [1.29, 1.82) is 10.5 Å². The van der Waals surface area contributed by atoms with Crippen LogP contribution in [0.2, 0.25) is 0 Å². The minimum Gasteiger partial charge on any atom is -0.264 e. The number of nitrogens with zero attached hydrogens (tertiary/aromatic N) is 6. The number of nitro groups is 1. The van der Waals surface area contributed by atoms with Crippen molar-refractivity contribution in [2.45, 2.75) is 0 Å². The Labute approximate surface area is 98.2 Å². The molecule has 8 nitrogen and oxygen atoms in total. The molecule has 0 aliphatic carbocycles. The van der Waals surface area contributed by atoms with E-state index in [2.05, 4.69) is 9.97 Å². The molecule has 0 saturated carbocycles. The second kappa shape index (κ2) is 4.00. The molecule has 0 unspecified atom stereocenters. The molecular formula is C8H2N6O2S. The lowest BCUT2D eigenvalue weighted by atomic mass is 10.4. The molecule has 0 saturated heterocycles. The Hall–Kier alpha value is -2.78. The molecule has 9 heteroatoms. The molecule has 2 heterocycles. The third-order valence-electron chi connectivity index (χ3n) is 1.85. The van der Waals surface area contributed by atoms with E-state index >= 15 is 0 Å². The van der Waals surface area contributed by atoms with Crippen molar-refractivity contribution in [2.24, 2.45) is 0 Å². The van der Waals surface area contributed by atoms with Gasteiger partial charge in [-0.2, -0.15) is 10.5 Å². The number of rotatable bonds is 2. The van der Waals surface area contributed by atoms with E-state index < -0.39 is 4.92 Å². The summed E-state index contributed by atoms with van der Waals surface area (Å²) in [6.07, 6.45) is 2.33. The number of imidazole rings is 1. The number of hydrogen-bond donors (Lipinski definition) is 0. The van der Waals surface area contributed by atoms with Crippen LogP contribution >= 0.6 is 11.3 Å². The normalized spacial score (nSPS) is 9.53. The van der Waals surface area contributed by atoms with E-state index in [9.17, 15) is 10.1 Å². The van der Waals surface area contributed by atoms with Crippen molar-refractivity contribution >= 4 is 16.3 Å². The molecule has 2 rings (SSSR count). The van der Waals surface area contributed by atoms with Gasteiger partial charge in [-0.15, -0.1) is 0 Å². The van der Waals surface area contributed by atoms with E-state index in [0.29, 0.717) is 0 Å². The van der Waals surface area contributed by atoms with E-state index in [1.807, 2.05) is 0 Å². The molecule has 2 aromatic heterocycles. The fourth-order valence-electron chi connectivity index (χ4n) is 1.13. The fraction of sp³-hybridized carbons (Fsp3) is 0. The van der Waals surface area contributed by atoms with Gasteiger partial charge in [-0.1, -0.05) is 0 Å². The summed E-state index contributed by atoms with van der Waals surface area (Å²) in [6, 6.07) is 3.56. The average molecular weight is 246 g/mol. The van der Waals surface area contributed by atoms with Crippen molar-refractivity contribution in [2.75, 3.05) is 0 Å². The molecule has 0 amide bonds. The Morgan fingerprint density at radius 2 is 2.18 bits per heavy atom. The van der Waals surface area contributed by atoms with Gasteiger partial charge in [-0.05, 0) is 11.3 Å². The summed E-state index contributed by atoms with van der Waals surface area (Å²) in [7, 11) is 0. The minimum atomic E-state index is -0.574. The third kappa shape index (κ3) is 1.71. The summed E-state index contributed by atoms with van der Waals surface area (Å²) in [4.78, 5) is 17.4. The number of aromatic nitrogens is 3. The number of thiazole rings is 1. The first-order valence-corrected chi connectivity index (χ1v) is 4.97. The molecule has 0 spiro atoms. The van der Waals surface area contributed by atoms with Crippen LogP contribution in [0, 0.1) is 32.8 Å². The maximum atomic E-state index is 10.5. The minimum absolute atomic E-state index is 0.0109. The lowest BCUT2D eigenvalue weighted by molar-refractivity contribution is -0.380. The van der Waals surface area contributed by atoms with Crippen LogP contribution in [0.4, 0.5) is 5.00 Å². The molecule has 0 aliphatic heterocycles. The quantitative estimate of drug-likeness (QED) is 0.575. The van der Waals surface area contributed by atoms with Gasteiger partial charge in [0.15, 0.2) is 11.4 Å². The van der Waals surface area contributed by atoms with Crippen molar-refractivity contribution in [3.05, 3.63) is 34.0 Å². The van der Waals surface area contributed by atoms with Crippen LogP contribution in [0.3, 0.4) is 0 Å². The molecule has 0 bridgehead atoms. The van der Waals surface area contributed by atoms with Gasteiger partial charge >= 0.3 is 5.00 Å². The summed E-state index contributed by atoms with van der Waals surface area (Å²) in [5.74, 6) is 0. The van der Waals surface area contributed by atoms with Crippen LogP contribution < -0.4 is 0 Å². The van der Waals surface area contributed by atoms with E-state index in [1.165, 1.54) is 10.9 Å². The maximum absolute atomic E-state index is 10.5. The number of hydrogen-bond acceptors (Lipinski definition) is 7. The van der Waals surface area contributed by atoms with Crippen LogP contribution in [0.15, 0.2) is 12.5 Å². The Bertz CT molecular complexity index is 673. The molecule has 0 radical (unpaired) electrons. The largest absolute Gasteiger partial charge is 0.345 e. The fourth-order valence-corrected chi connectivity index (χ4v) is 1.84. The summed E-state index contributed by atoms with van der Waals surface area (Å²) in [6.45, 7) is 0. The van der Waals surface area contributed by atoms with E-state index in [-0.39, 0.29) is 21.5 Å². The molecule has 0 N–H and O–H groups in total. The highest BCUT2D eigenvalue weighted by molar-refractivity contribution is 7.17. The van der Waals surface area contributed by atoms with Crippen molar-refractivity contribution in [3.63, 3.8) is 0 Å². The van der Waals surface area contributed by atoms with E-state index in [4.69, 9.17) is 10.5 Å². The van der Waals surface area contributed by atoms with Gasteiger partial charge in [-0.3, -0.25) is 14.7 Å². The van der Waals surface area contributed by atoms with Crippen molar-refractivity contribution < 1.29 is 4.92 Å². The molecule has 0 aliphatic rings. The van der Waals surface area contributed by atoms with Crippen LogP contribution in [-0.2, 0) is 0 Å². The van der Waals surface area contributed by atoms with Gasteiger partial charge in [0, 0.05) is 0 Å². The van der Waals surface area contributed by atoms with Gasteiger partial charge < -0.3 is 0 Å². The molecule has 0 atom stereocenters. The van der Waals surface area contributed by atoms with Crippen LogP contribution in [-0.4, -0.2) is 19.5 Å². The first-order valence-electron chi connectivity index (χ1n) is 4.15. The Balaban J connectivity index is 2.54. The highest BCUT2D eigenvalue weighted by atomic mass is 32.1. The Kier molecular flexibility index (Phi) is 2.52. The van der Waals surface area contributed by atoms with Gasteiger partial charge in [-0.25, -0.2) is 9.97 Å². The SMILES string of the molecule is N#Cc1ncn(-c2ncc([N+](=O)[O-])s2)c1C#N. The molecule has 0 fully saturated rings. The predicted octanol–water partition coefficient (Wildman–Crippen LogP) is 0.980. The van der Waals surface area contributed by atoms with Crippen LogP contribution in [0.5, 0.6) is 0 Å². The Morgan fingerprint density at radius 3 is 2.71 bits per heavy atom. The van der Waals surface area contributed by atoms with Gasteiger partial charge in [0.25, 0.3) is 0 Å². The summed E-state index contributed by atoms with van der Waals surface area (Å²) < 4.78 is 1.25. The van der Waals surface area contributed by atoms with Crippen LogP contribution in [0.25, 0.3) is 5.13 Å². The lowest BCUT2D eigenvalue weighted by Crippen LogP contribution is -1.95. The smallest absolute Gasteiger partial charge is 0.264 e. The zero-order valence-corrected chi connectivity index (χ0v) is 8.88. The van der Waals surface area contributed by atoms with Crippen molar-refractivity contribution in [1.82, 2.24) is 14.5 Å². The van der Waals surface area contributed by atoms with Crippen LogP contribution in [0.1, 0.15) is 11.4 Å². The first-order chi connectivity index (χ1) is 8.17. The molecule has 0 aromatic carbocycles. The highest BCUT2D eigenvalue weighted by Crippen LogP contribution is 2.25. The second-order valence-corrected chi connectivity index (χ2v) is 3.76. The first kappa shape index (κ1) is 10.7. The second-order valence-electron chi connectivity index (χ2n) is 2.77. The topological polar surface area (TPSA) is 121 Å². The van der Waals surface area contributed by atoms with E-state index in [0.717, 1.165) is 17.5 Å². The lowest BCUT2D eigenvalue weighted by Gasteiger charge is -1.94. The highest BCUT2D eigenvalue weighted by Gasteiger charge is 2.17. The third-order valence-corrected chi connectivity index (χ3v) is 2.79.